The summed E-state index contributed by atoms with van der Waals surface area (Å²) in [6.07, 6.45) is -3.09. The van der Waals surface area contributed by atoms with E-state index in [4.69, 9.17) is 0 Å². The lowest BCUT2D eigenvalue weighted by atomic mass is 10.1. The van der Waals surface area contributed by atoms with Crippen LogP contribution in [0.3, 0.4) is 0 Å². The number of nitrogens with one attached hydrogen (secondary N) is 1. The van der Waals surface area contributed by atoms with E-state index in [-0.39, 0.29) is 5.69 Å². The van der Waals surface area contributed by atoms with E-state index in [1.54, 1.807) is 12.1 Å². The highest BCUT2D eigenvalue weighted by Gasteiger charge is 2.31. The molecule has 1 heterocycles. The summed E-state index contributed by atoms with van der Waals surface area (Å²) < 4.78 is 26.7. The maximum atomic E-state index is 12.9. The zero-order chi connectivity index (χ0) is 18.0. The number of nitrogens with zero attached hydrogens (tertiary/aromatic N) is 3. The number of amides is 1. The van der Waals surface area contributed by atoms with Crippen LogP contribution in [0, 0.1) is 30.9 Å². The summed E-state index contributed by atoms with van der Waals surface area (Å²) in [5, 5.41) is 17.1. The van der Waals surface area contributed by atoms with Crippen LogP contribution >= 0.6 is 0 Å². The van der Waals surface area contributed by atoms with Gasteiger partial charge >= 0.3 is 5.69 Å². The Balaban J connectivity index is 2.25. The lowest BCUT2D eigenvalue weighted by Gasteiger charge is -2.10. The molecule has 7 nitrogen and oxygen atoms in total. The number of aromatic nitrogens is 2. The number of rotatable bonds is 5. The molecule has 1 N–H and O–H groups in total. The Kier molecular flexibility index (Phi) is 4.91. The number of nitro groups is 1. The van der Waals surface area contributed by atoms with E-state index in [2.05, 4.69) is 10.4 Å². The van der Waals surface area contributed by atoms with Gasteiger partial charge in [0.1, 0.15) is 12.2 Å². The molecule has 2 rings (SSSR count). The van der Waals surface area contributed by atoms with Gasteiger partial charge in [-0.3, -0.25) is 19.6 Å². The van der Waals surface area contributed by atoms with Crippen molar-refractivity contribution < 1.29 is 18.5 Å². The number of carbonyl (C=O) groups excluding carboxylic acids is 1. The highest BCUT2D eigenvalue weighted by molar-refractivity contribution is 5.91. The third kappa shape index (κ3) is 3.39. The fraction of sp³-hybridized carbons (Fsp3) is 0.333. The van der Waals surface area contributed by atoms with Crippen molar-refractivity contribution in [3.05, 3.63) is 50.8 Å². The molecule has 0 saturated heterocycles. The molecule has 0 aliphatic heterocycles. The van der Waals surface area contributed by atoms with Gasteiger partial charge in [0, 0.05) is 5.69 Å². The van der Waals surface area contributed by atoms with E-state index in [1.807, 2.05) is 19.9 Å². The van der Waals surface area contributed by atoms with Crippen LogP contribution in [0.15, 0.2) is 18.2 Å². The zero-order valence-electron chi connectivity index (χ0n) is 13.3. The number of benzene rings is 1. The molecule has 0 atom stereocenters. The van der Waals surface area contributed by atoms with Crippen LogP contribution in [0.2, 0.25) is 0 Å². The number of hydrogen-bond acceptors (Lipinski definition) is 4. The lowest BCUT2D eigenvalue weighted by molar-refractivity contribution is -0.386. The minimum absolute atomic E-state index is 0.0913. The fourth-order valence-corrected chi connectivity index (χ4v) is 2.30. The van der Waals surface area contributed by atoms with Gasteiger partial charge in [0.2, 0.25) is 11.6 Å². The van der Waals surface area contributed by atoms with Gasteiger partial charge in [-0.25, -0.2) is 8.78 Å². The van der Waals surface area contributed by atoms with Crippen LogP contribution in [-0.4, -0.2) is 20.6 Å². The predicted molar refractivity (Wildman–Crippen MR) is 83.1 cm³/mol. The lowest BCUT2D eigenvalue weighted by Crippen LogP contribution is -2.21. The Hall–Kier alpha value is -2.84. The van der Waals surface area contributed by atoms with Crippen molar-refractivity contribution in [2.45, 2.75) is 33.7 Å². The molecular weight excluding hydrogens is 322 g/mol. The van der Waals surface area contributed by atoms with Crippen LogP contribution in [0.4, 0.5) is 20.2 Å². The summed E-state index contributed by atoms with van der Waals surface area (Å²) in [7, 11) is 0. The van der Waals surface area contributed by atoms with Crippen molar-refractivity contribution >= 4 is 17.3 Å². The van der Waals surface area contributed by atoms with Gasteiger partial charge in [0.25, 0.3) is 6.43 Å². The number of alkyl halides is 2. The summed E-state index contributed by atoms with van der Waals surface area (Å²) in [6, 6.07) is 5.38. The maximum Gasteiger partial charge on any atom is 0.319 e. The predicted octanol–water partition coefficient (Wildman–Crippen LogP) is 3.29. The van der Waals surface area contributed by atoms with Crippen LogP contribution in [0.1, 0.15) is 28.9 Å². The quantitative estimate of drug-likeness (QED) is 0.669. The van der Waals surface area contributed by atoms with E-state index in [0.717, 1.165) is 15.8 Å². The summed E-state index contributed by atoms with van der Waals surface area (Å²) in [5.74, 6) is -0.509. The van der Waals surface area contributed by atoms with Crippen molar-refractivity contribution in [1.29, 1.82) is 0 Å². The molecular formula is C15H16F2N4O3. The van der Waals surface area contributed by atoms with E-state index in [9.17, 15) is 23.7 Å². The second-order valence-electron chi connectivity index (χ2n) is 5.33. The normalized spacial score (nSPS) is 10.9. The number of hydrogen-bond donors (Lipinski definition) is 1. The summed E-state index contributed by atoms with van der Waals surface area (Å²) in [5.41, 5.74) is 0.669. The van der Waals surface area contributed by atoms with Gasteiger partial charge < -0.3 is 5.32 Å². The molecule has 0 aliphatic carbocycles. The topological polar surface area (TPSA) is 90.1 Å². The number of carbonyl (C=O) groups is 1. The first-order valence-electron chi connectivity index (χ1n) is 7.08. The average Bonchev–Trinajstić information content (AvgIpc) is 2.81. The molecule has 0 aliphatic rings. The molecule has 0 bridgehead atoms. The van der Waals surface area contributed by atoms with Crippen LogP contribution < -0.4 is 5.32 Å². The average molecular weight is 338 g/mol. The Labute approximate surface area is 136 Å². The molecule has 0 fully saturated rings. The number of anilines is 1. The van der Waals surface area contributed by atoms with E-state index < -0.39 is 35.2 Å². The van der Waals surface area contributed by atoms with E-state index in [0.29, 0.717) is 5.69 Å². The van der Waals surface area contributed by atoms with Gasteiger partial charge in [-0.15, -0.1) is 0 Å². The Bertz CT molecular complexity index is 802. The Morgan fingerprint density at radius 3 is 2.58 bits per heavy atom. The van der Waals surface area contributed by atoms with Crippen LogP contribution in [0.25, 0.3) is 0 Å². The van der Waals surface area contributed by atoms with Crippen molar-refractivity contribution in [2.75, 3.05) is 5.32 Å². The molecule has 1 amide bonds. The van der Waals surface area contributed by atoms with Crippen LogP contribution in [-0.2, 0) is 11.3 Å². The molecule has 2 aromatic rings. The first-order valence-corrected chi connectivity index (χ1v) is 7.08. The second kappa shape index (κ2) is 6.73. The molecule has 0 radical (unpaired) electrons. The van der Waals surface area contributed by atoms with E-state index >= 15 is 0 Å². The van der Waals surface area contributed by atoms with Gasteiger partial charge in [0.05, 0.1) is 4.92 Å². The number of aryl methyl sites for hydroxylation is 1. The minimum Gasteiger partial charge on any atom is -0.324 e. The van der Waals surface area contributed by atoms with Crippen molar-refractivity contribution in [3.63, 3.8) is 0 Å². The van der Waals surface area contributed by atoms with Crippen molar-refractivity contribution in [2.24, 2.45) is 0 Å². The zero-order valence-corrected chi connectivity index (χ0v) is 13.3. The molecule has 24 heavy (non-hydrogen) atoms. The fourth-order valence-electron chi connectivity index (χ4n) is 2.30. The van der Waals surface area contributed by atoms with Crippen molar-refractivity contribution in [3.8, 4) is 0 Å². The van der Waals surface area contributed by atoms with Gasteiger partial charge in [0.15, 0.2) is 0 Å². The largest absolute Gasteiger partial charge is 0.324 e. The minimum atomic E-state index is -3.09. The number of halogens is 2. The highest BCUT2D eigenvalue weighted by atomic mass is 19.3. The summed E-state index contributed by atoms with van der Waals surface area (Å²) in [4.78, 5) is 22.2. The summed E-state index contributed by atoms with van der Waals surface area (Å²) >= 11 is 0. The summed E-state index contributed by atoms with van der Waals surface area (Å²) in [6.45, 7) is 4.61. The van der Waals surface area contributed by atoms with Gasteiger partial charge in [-0.1, -0.05) is 12.1 Å². The Morgan fingerprint density at radius 2 is 2.04 bits per heavy atom. The van der Waals surface area contributed by atoms with Gasteiger partial charge in [-0.2, -0.15) is 5.10 Å². The van der Waals surface area contributed by atoms with Crippen LogP contribution in [0.5, 0.6) is 0 Å². The standard InChI is InChI=1S/C15H16F2N4O3/c1-8-5-4-6-11(9(8)2)18-12(22)7-20-10(3)14(21(23)24)13(19-20)15(16)17/h4-6,15H,7H2,1-3H3,(H,18,22). The van der Waals surface area contributed by atoms with Gasteiger partial charge in [-0.05, 0) is 38.0 Å². The SMILES string of the molecule is Cc1cccc(NC(=O)Cn2nc(C(F)F)c([N+](=O)[O-])c2C)c1C. The third-order valence-corrected chi connectivity index (χ3v) is 3.76. The van der Waals surface area contributed by atoms with Crippen molar-refractivity contribution in [1.82, 2.24) is 9.78 Å². The monoisotopic (exact) mass is 338 g/mol. The second-order valence-corrected chi connectivity index (χ2v) is 5.33. The first-order chi connectivity index (χ1) is 11.2. The molecule has 9 heteroatoms. The highest BCUT2D eigenvalue weighted by Crippen LogP contribution is 2.30. The molecule has 0 unspecified atom stereocenters. The molecule has 0 spiro atoms. The Morgan fingerprint density at radius 1 is 1.38 bits per heavy atom. The first kappa shape index (κ1) is 17.5. The molecule has 1 aromatic carbocycles. The molecule has 128 valence electrons. The maximum absolute atomic E-state index is 12.9. The smallest absolute Gasteiger partial charge is 0.319 e. The molecule has 1 aromatic heterocycles. The molecule has 0 saturated carbocycles. The third-order valence-electron chi connectivity index (χ3n) is 3.76. The van der Waals surface area contributed by atoms with E-state index in [1.165, 1.54) is 6.92 Å².